The van der Waals surface area contributed by atoms with Crippen LogP contribution in [0.5, 0.6) is 0 Å². The molecule has 2 heteroatoms. The number of hydrogen-bond donors (Lipinski definition) is 0. The molecule has 0 aliphatic rings. The number of hydrogen-bond acceptors (Lipinski definition) is 2. The van der Waals surface area contributed by atoms with Gasteiger partial charge in [0.05, 0.1) is 11.9 Å². The third-order valence-corrected chi connectivity index (χ3v) is 1.57. The standard InChI is InChI=1S/C10H7N2/c1-2-4-9(5-3-1)10-8-11-6-7-12-10/h1-2,4-8H. The Morgan fingerprint density at radius 2 is 2.25 bits per heavy atom. The van der Waals surface area contributed by atoms with Crippen molar-refractivity contribution in [2.75, 3.05) is 0 Å². The molecule has 57 valence electrons. The highest BCUT2D eigenvalue weighted by atomic mass is 14.8. The molecule has 2 nitrogen and oxygen atoms in total. The number of aromatic nitrogens is 2. The average Bonchev–Trinajstić information content (AvgIpc) is 2.21. The predicted molar refractivity (Wildman–Crippen MR) is 46.3 cm³/mol. The average molecular weight is 155 g/mol. The van der Waals surface area contributed by atoms with E-state index >= 15 is 0 Å². The molecule has 12 heavy (non-hydrogen) atoms. The lowest BCUT2D eigenvalue weighted by Crippen LogP contribution is -1.82. The van der Waals surface area contributed by atoms with Gasteiger partial charge in [-0.15, -0.1) is 0 Å². The molecule has 2 rings (SSSR count). The summed E-state index contributed by atoms with van der Waals surface area (Å²) in [6, 6.07) is 10.7. The fraction of sp³-hybridized carbons (Fsp3) is 0. The van der Waals surface area contributed by atoms with Crippen LogP contribution in [-0.4, -0.2) is 9.97 Å². The smallest absolute Gasteiger partial charge is 0.0885 e. The zero-order valence-corrected chi connectivity index (χ0v) is 6.44. The quantitative estimate of drug-likeness (QED) is 0.629. The molecule has 0 aliphatic carbocycles. The van der Waals surface area contributed by atoms with Crippen molar-refractivity contribution in [3.63, 3.8) is 0 Å². The van der Waals surface area contributed by atoms with Gasteiger partial charge in [-0.1, -0.05) is 18.2 Å². The summed E-state index contributed by atoms with van der Waals surface area (Å²) in [6.45, 7) is 0. The van der Waals surface area contributed by atoms with Crippen LogP contribution < -0.4 is 0 Å². The van der Waals surface area contributed by atoms with Crippen molar-refractivity contribution in [1.29, 1.82) is 0 Å². The molecule has 0 amide bonds. The lowest BCUT2D eigenvalue weighted by molar-refractivity contribution is 1.21. The van der Waals surface area contributed by atoms with E-state index in [1.165, 1.54) is 0 Å². The molecule has 0 unspecified atom stereocenters. The maximum atomic E-state index is 4.17. The molecule has 0 bridgehead atoms. The summed E-state index contributed by atoms with van der Waals surface area (Å²) < 4.78 is 0. The number of benzene rings is 1. The van der Waals surface area contributed by atoms with E-state index < -0.39 is 0 Å². The van der Waals surface area contributed by atoms with E-state index in [2.05, 4.69) is 16.0 Å². The van der Waals surface area contributed by atoms with E-state index in [-0.39, 0.29) is 0 Å². The Morgan fingerprint density at radius 3 is 2.92 bits per heavy atom. The van der Waals surface area contributed by atoms with Crippen LogP contribution >= 0.6 is 0 Å². The Bertz CT molecular complexity index is 305. The molecule has 0 aliphatic heterocycles. The van der Waals surface area contributed by atoms with Crippen LogP contribution in [0.4, 0.5) is 0 Å². The fourth-order valence-electron chi connectivity index (χ4n) is 1.00. The van der Waals surface area contributed by atoms with Crippen LogP contribution in [0.25, 0.3) is 11.3 Å². The maximum Gasteiger partial charge on any atom is 0.0885 e. The zero-order valence-electron chi connectivity index (χ0n) is 6.44. The molecule has 0 saturated heterocycles. The largest absolute Gasteiger partial charge is 0.261 e. The lowest BCUT2D eigenvalue weighted by atomic mass is 10.2. The van der Waals surface area contributed by atoms with Crippen LogP contribution in [0.15, 0.2) is 42.9 Å². The summed E-state index contributed by atoms with van der Waals surface area (Å²) >= 11 is 0. The van der Waals surface area contributed by atoms with Gasteiger partial charge in [-0.25, -0.2) is 0 Å². The first-order valence-corrected chi connectivity index (χ1v) is 3.69. The molecular formula is C10H7N2. The van der Waals surface area contributed by atoms with Crippen molar-refractivity contribution in [3.05, 3.63) is 48.9 Å². The summed E-state index contributed by atoms with van der Waals surface area (Å²) in [5.41, 5.74) is 1.93. The van der Waals surface area contributed by atoms with Gasteiger partial charge in [-0.05, 0) is 12.1 Å². The van der Waals surface area contributed by atoms with Gasteiger partial charge in [0.1, 0.15) is 0 Å². The van der Waals surface area contributed by atoms with Gasteiger partial charge in [0, 0.05) is 18.0 Å². The van der Waals surface area contributed by atoms with E-state index in [9.17, 15) is 0 Å². The molecule has 1 aromatic carbocycles. The number of nitrogens with zero attached hydrogens (tertiary/aromatic N) is 2. The predicted octanol–water partition coefficient (Wildman–Crippen LogP) is 1.94. The summed E-state index contributed by atoms with van der Waals surface area (Å²) in [6.07, 6.45) is 5.08. The van der Waals surface area contributed by atoms with Crippen LogP contribution in [0.2, 0.25) is 0 Å². The molecule has 0 fully saturated rings. The summed E-state index contributed by atoms with van der Waals surface area (Å²) in [5, 5.41) is 0. The van der Waals surface area contributed by atoms with Crippen LogP contribution in [0.3, 0.4) is 0 Å². The lowest BCUT2D eigenvalue weighted by Gasteiger charge is -1.96. The Kier molecular flexibility index (Phi) is 1.82. The van der Waals surface area contributed by atoms with Gasteiger partial charge in [0.15, 0.2) is 0 Å². The molecule has 0 atom stereocenters. The van der Waals surface area contributed by atoms with Crippen molar-refractivity contribution in [3.8, 4) is 11.3 Å². The monoisotopic (exact) mass is 155 g/mol. The van der Waals surface area contributed by atoms with Gasteiger partial charge in [-0.3, -0.25) is 9.97 Å². The molecular weight excluding hydrogens is 148 g/mol. The Morgan fingerprint density at radius 1 is 1.25 bits per heavy atom. The Labute approximate surface area is 70.9 Å². The van der Waals surface area contributed by atoms with E-state index in [4.69, 9.17) is 0 Å². The molecule has 0 spiro atoms. The van der Waals surface area contributed by atoms with Crippen molar-refractivity contribution in [2.24, 2.45) is 0 Å². The van der Waals surface area contributed by atoms with Crippen molar-refractivity contribution in [2.45, 2.75) is 0 Å². The Balaban J connectivity index is 2.46. The fourth-order valence-corrected chi connectivity index (χ4v) is 1.00. The molecule has 2 aromatic rings. The molecule has 0 saturated carbocycles. The van der Waals surface area contributed by atoms with E-state index in [0.717, 1.165) is 11.3 Å². The third kappa shape index (κ3) is 1.32. The summed E-state index contributed by atoms with van der Waals surface area (Å²) in [7, 11) is 0. The molecule has 1 aromatic heterocycles. The van der Waals surface area contributed by atoms with Gasteiger partial charge < -0.3 is 0 Å². The minimum atomic E-state index is 0.884. The highest BCUT2D eigenvalue weighted by molar-refractivity contribution is 5.56. The molecule has 1 heterocycles. The van der Waals surface area contributed by atoms with Crippen molar-refractivity contribution < 1.29 is 0 Å². The second-order valence-electron chi connectivity index (χ2n) is 2.38. The van der Waals surface area contributed by atoms with E-state index in [1.54, 1.807) is 18.6 Å². The third-order valence-electron chi connectivity index (χ3n) is 1.57. The number of rotatable bonds is 1. The van der Waals surface area contributed by atoms with Crippen molar-refractivity contribution >= 4 is 0 Å². The molecule has 0 N–H and O–H groups in total. The van der Waals surface area contributed by atoms with Crippen molar-refractivity contribution in [1.82, 2.24) is 9.97 Å². The van der Waals surface area contributed by atoms with Crippen LogP contribution in [0.1, 0.15) is 0 Å². The second-order valence-corrected chi connectivity index (χ2v) is 2.38. The first kappa shape index (κ1) is 6.98. The maximum absolute atomic E-state index is 4.17. The topological polar surface area (TPSA) is 25.8 Å². The van der Waals surface area contributed by atoms with Crippen LogP contribution in [0, 0.1) is 6.07 Å². The minimum absolute atomic E-state index is 0.884. The Hall–Kier alpha value is -1.70. The highest BCUT2D eigenvalue weighted by Gasteiger charge is 1.94. The SMILES string of the molecule is [c]1cccc(-c2cnccn2)c1. The van der Waals surface area contributed by atoms with E-state index in [1.807, 2.05) is 24.3 Å². The first-order chi connectivity index (χ1) is 5.97. The van der Waals surface area contributed by atoms with Gasteiger partial charge in [0.25, 0.3) is 0 Å². The minimum Gasteiger partial charge on any atom is -0.261 e. The first-order valence-electron chi connectivity index (χ1n) is 3.69. The second kappa shape index (κ2) is 3.13. The van der Waals surface area contributed by atoms with Gasteiger partial charge >= 0.3 is 0 Å². The zero-order chi connectivity index (χ0) is 8.23. The van der Waals surface area contributed by atoms with Crippen LogP contribution in [-0.2, 0) is 0 Å². The summed E-state index contributed by atoms with van der Waals surface area (Å²) in [4.78, 5) is 8.15. The van der Waals surface area contributed by atoms with Gasteiger partial charge in [0.2, 0.25) is 0 Å². The summed E-state index contributed by atoms with van der Waals surface area (Å²) in [5.74, 6) is 0. The van der Waals surface area contributed by atoms with E-state index in [0.29, 0.717) is 0 Å². The molecule has 1 radical (unpaired) electrons. The normalized spacial score (nSPS) is 9.67. The highest BCUT2D eigenvalue weighted by Crippen LogP contribution is 2.12. The van der Waals surface area contributed by atoms with Gasteiger partial charge in [-0.2, -0.15) is 0 Å².